The molecule has 0 spiro atoms. The predicted molar refractivity (Wildman–Crippen MR) is 95.8 cm³/mol. The highest BCUT2D eigenvalue weighted by atomic mass is 16.5. The summed E-state index contributed by atoms with van der Waals surface area (Å²) >= 11 is 0. The number of carbonyl (C=O) groups excluding carboxylic acids is 2. The van der Waals surface area contributed by atoms with Gasteiger partial charge in [0, 0.05) is 11.6 Å². The van der Waals surface area contributed by atoms with E-state index in [9.17, 15) is 9.59 Å². The first-order valence-corrected chi connectivity index (χ1v) is 8.29. The quantitative estimate of drug-likeness (QED) is 0.459. The second kappa shape index (κ2) is 7.79. The van der Waals surface area contributed by atoms with Crippen LogP contribution in [0.15, 0.2) is 48.5 Å². The molecule has 0 aromatic heterocycles. The highest BCUT2D eigenvalue weighted by Gasteiger charge is 2.14. The molecule has 2 aromatic carbocycles. The van der Waals surface area contributed by atoms with Gasteiger partial charge in [-0.3, -0.25) is 4.79 Å². The van der Waals surface area contributed by atoms with Crippen LogP contribution in [0.1, 0.15) is 33.5 Å². The van der Waals surface area contributed by atoms with Gasteiger partial charge in [0.25, 0.3) is 0 Å². The van der Waals surface area contributed by atoms with Gasteiger partial charge in [0.15, 0.2) is 12.4 Å². The second-order valence-corrected chi connectivity index (χ2v) is 5.97. The number of methoxy groups -OCH3 is 1. The Hall–Kier alpha value is -2.88. The van der Waals surface area contributed by atoms with Crippen LogP contribution in [0.2, 0.25) is 0 Å². The molecule has 3 rings (SSSR count). The molecule has 0 amide bonds. The molecule has 0 saturated carbocycles. The Balaban J connectivity index is 1.52. The van der Waals surface area contributed by atoms with Crippen LogP contribution in [0.5, 0.6) is 5.75 Å². The van der Waals surface area contributed by atoms with Crippen LogP contribution < -0.4 is 4.74 Å². The van der Waals surface area contributed by atoms with Gasteiger partial charge in [0.2, 0.25) is 0 Å². The Morgan fingerprint density at radius 1 is 1.04 bits per heavy atom. The molecule has 1 aliphatic rings. The van der Waals surface area contributed by atoms with Crippen molar-refractivity contribution in [2.75, 3.05) is 13.7 Å². The van der Waals surface area contributed by atoms with Crippen molar-refractivity contribution in [3.63, 3.8) is 0 Å². The summed E-state index contributed by atoms with van der Waals surface area (Å²) in [5, 5.41) is 0. The molecular formula is C21H20O4. The summed E-state index contributed by atoms with van der Waals surface area (Å²) in [5.41, 5.74) is 4.00. The van der Waals surface area contributed by atoms with Crippen molar-refractivity contribution in [1.29, 1.82) is 0 Å². The predicted octanol–water partition coefficient (Wildman–Crippen LogP) is 3.62. The molecule has 1 aliphatic carbocycles. The van der Waals surface area contributed by atoms with E-state index in [0.29, 0.717) is 5.56 Å². The normalized spacial score (nSPS) is 12.8. The first-order chi connectivity index (χ1) is 12.2. The molecule has 0 atom stereocenters. The monoisotopic (exact) mass is 336 g/mol. The molecular weight excluding hydrogens is 316 g/mol. The number of ether oxygens (including phenoxy) is 2. The number of rotatable bonds is 6. The number of esters is 1. The first kappa shape index (κ1) is 17.0. The van der Waals surface area contributed by atoms with E-state index in [4.69, 9.17) is 9.47 Å². The van der Waals surface area contributed by atoms with Crippen molar-refractivity contribution in [1.82, 2.24) is 0 Å². The SMILES string of the molecule is COc1ccc(/C=C/C(=O)OCC(=O)c2ccc3c(c2)CCC3)cc1. The van der Waals surface area contributed by atoms with Crippen LogP contribution in [0.4, 0.5) is 0 Å². The molecule has 128 valence electrons. The zero-order chi connectivity index (χ0) is 17.6. The van der Waals surface area contributed by atoms with Crippen molar-refractivity contribution < 1.29 is 19.1 Å². The van der Waals surface area contributed by atoms with Crippen molar-refractivity contribution in [3.8, 4) is 5.75 Å². The van der Waals surface area contributed by atoms with E-state index in [1.165, 1.54) is 17.2 Å². The van der Waals surface area contributed by atoms with Crippen molar-refractivity contribution in [3.05, 3.63) is 70.8 Å². The number of aryl methyl sites for hydroxylation is 2. The lowest BCUT2D eigenvalue weighted by molar-refractivity contribution is -0.136. The van der Waals surface area contributed by atoms with Crippen LogP contribution >= 0.6 is 0 Å². The number of Topliss-reactive ketones (excluding diaryl/α,β-unsaturated/α-hetero) is 1. The first-order valence-electron chi connectivity index (χ1n) is 8.29. The fraction of sp³-hybridized carbons (Fsp3) is 0.238. The van der Waals surface area contributed by atoms with Gasteiger partial charge in [-0.15, -0.1) is 0 Å². The van der Waals surface area contributed by atoms with E-state index in [1.54, 1.807) is 13.2 Å². The van der Waals surface area contributed by atoms with Crippen LogP contribution in [0, 0.1) is 0 Å². The maximum absolute atomic E-state index is 12.2. The maximum Gasteiger partial charge on any atom is 0.331 e. The Kier molecular flexibility index (Phi) is 5.29. The summed E-state index contributed by atoms with van der Waals surface area (Å²) in [6.45, 7) is -0.245. The molecule has 25 heavy (non-hydrogen) atoms. The molecule has 0 radical (unpaired) electrons. The fourth-order valence-corrected chi connectivity index (χ4v) is 2.89. The average molecular weight is 336 g/mol. The Labute approximate surface area is 147 Å². The molecule has 0 bridgehead atoms. The molecule has 0 N–H and O–H groups in total. The minimum absolute atomic E-state index is 0.180. The molecule has 4 heteroatoms. The largest absolute Gasteiger partial charge is 0.497 e. The van der Waals surface area contributed by atoms with E-state index in [2.05, 4.69) is 0 Å². The standard InChI is InChI=1S/C21H20O4/c1-24-19-10-5-15(6-11-19)7-12-21(23)25-14-20(22)18-9-8-16-3-2-4-17(16)13-18/h5-13H,2-4,14H2,1H3/b12-7+. The third-order valence-corrected chi connectivity index (χ3v) is 4.29. The van der Waals surface area contributed by atoms with Gasteiger partial charge in [-0.05, 0) is 60.2 Å². The third-order valence-electron chi connectivity index (χ3n) is 4.29. The lowest BCUT2D eigenvalue weighted by atomic mass is 10.0. The second-order valence-electron chi connectivity index (χ2n) is 5.97. The van der Waals surface area contributed by atoms with Crippen LogP contribution in [0.3, 0.4) is 0 Å². The summed E-state index contributed by atoms with van der Waals surface area (Å²) in [4.78, 5) is 24.0. The topological polar surface area (TPSA) is 52.6 Å². The van der Waals surface area contributed by atoms with Gasteiger partial charge in [-0.2, -0.15) is 0 Å². The molecule has 0 heterocycles. The summed E-state index contributed by atoms with van der Waals surface area (Å²) in [5.74, 6) is 0.0332. The van der Waals surface area contributed by atoms with Gasteiger partial charge in [0.1, 0.15) is 5.75 Å². The molecule has 0 fully saturated rings. The molecule has 2 aromatic rings. The van der Waals surface area contributed by atoms with Crippen molar-refractivity contribution in [2.45, 2.75) is 19.3 Å². The Morgan fingerprint density at radius 3 is 2.56 bits per heavy atom. The van der Waals surface area contributed by atoms with E-state index >= 15 is 0 Å². The van der Waals surface area contributed by atoms with E-state index in [-0.39, 0.29) is 12.4 Å². The van der Waals surface area contributed by atoms with E-state index < -0.39 is 5.97 Å². The minimum atomic E-state index is -0.537. The maximum atomic E-state index is 12.2. The average Bonchev–Trinajstić information content (AvgIpc) is 3.12. The zero-order valence-corrected chi connectivity index (χ0v) is 14.2. The lowest BCUT2D eigenvalue weighted by Crippen LogP contribution is -2.12. The molecule has 0 saturated heterocycles. The van der Waals surface area contributed by atoms with Gasteiger partial charge >= 0.3 is 5.97 Å². The number of hydrogen-bond donors (Lipinski definition) is 0. The smallest absolute Gasteiger partial charge is 0.331 e. The van der Waals surface area contributed by atoms with E-state index in [0.717, 1.165) is 30.6 Å². The molecule has 0 unspecified atom stereocenters. The molecule has 0 aliphatic heterocycles. The number of fused-ring (bicyclic) bond motifs is 1. The van der Waals surface area contributed by atoms with Gasteiger partial charge < -0.3 is 9.47 Å². The lowest BCUT2D eigenvalue weighted by Gasteiger charge is -2.05. The fourth-order valence-electron chi connectivity index (χ4n) is 2.89. The van der Waals surface area contributed by atoms with Crippen molar-refractivity contribution in [2.24, 2.45) is 0 Å². The van der Waals surface area contributed by atoms with E-state index in [1.807, 2.05) is 42.5 Å². The van der Waals surface area contributed by atoms with Gasteiger partial charge in [-0.1, -0.05) is 24.3 Å². The summed E-state index contributed by atoms with van der Waals surface area (Å²) in [6, 6.07) is 13.0. The number of hydrogen-bond acceptors (Lipinski definition) is 4. The minimum Gasteiger partial charge on any atom is -0.497 e. The van der Waals surface area contributed by atoms with Crippen LogP contribution in [0.25, 0.3) is 6.08 Å². The van der Waals surface area contributed by atoms with Crippen LogP contribution in [-0.2, 0) is 22.4 Å². The summed E-state index contributed by atoms with van der Waals surface area (Å²) in [7, 11) is 1.60. The number of benzene rings is 2. The van der Waals surface area contributed by atoms with Gasteiger partial charge in [-0.25, -0.2) is 4.79 Å². The zero-order valence-electron chi connectivity index (χ0n) is 14.2. The Bertz CT molecular complexity index is 803. The third kappa shape index (κ3) is 4.35. The van der Waals surface area contributed by atoms with Crippen LogP contribution in [-0.4, -0.2) is 25.5 Å². The summed E-state index contributed by atoms with van der Waals surface area (Å²) in [6.07, 6.45) is 6.19. The van der Waals surface area contributed by atoms with Gasteiger partial charge in [0.05, 0.1) is 7.11 Å². The number of carbonyl (C=O) groups is 2. The molecule has 4 nitrogen and oxygen atoms in total. The summed E-state index contributed by atoms with van der Waals surface area (Å²) < 4.78 is 10.1. The number of ketones is 1. The Morgan fingerprint density at radius 2 is 1.80 bits per heavy atom. The highest BCUT2D eigenvalue weighted by Crippen LogP contribution is 2.23. The van der Waals surface area contributed by atoms with Crippen molar-refractivity contribution >= 4 is 17.8 Å². The highest BCUT2D eigenvalue weighted by molar-refractivity contribution is 5.99.